The Morgan fingerprint density at radius 3 is 2.23 bits per heavy atom. The van der Waals surface area contributed by atoms with Crippen molar-refractivity contribution >= 4 is 27.6 Å². The molecule has 0 atom stereocenters. The van der Waals surface area contributed by atoms with Gasteiger partial charge < -0.3 is 10.1 Å². The maximum absolute atomic E-state index is 12.6. The molecule has 1 fully saturated rings. The van der Waals surface area contributed by atoms with E-state index in [1.807, 2.05) is 23.1 Å². The highest BCUT2D eigenvalue weighted by atomic mass is 32.2. The number of benzene rings is 2. The third kappa shape index (κ3) is 6.78. The summed E-state index contributed by atoms with van der Waals surface area (Å²) in [6.45, 7) is 1.46. The van der Waals surface area contributed by atoms with Crippen LogP contribution in [0.15, 0.2) is 54.6 Å². The summed E-state index contributed by atoms with van der Waals surface area (Å²) in [5.74, 6) is 0.165. The lowest BCUT2D eigenvalue weighted by Gasteiger charge is -2.33. The van der Waals surface area contributed by atoms with Crippen LogP contribution in [0.5, 0.6) is 5.75 Å². The van der Waals surface area contributed by atoms with E-state index < -0.39 is 22.0 Å². The fraction of sp³-hybridized carbons (Fsp3) is 0.333. The summed E-state index contributed by atoms with van der Waals surface area (Å²) in [5, 5.41) is 4.86. The van der Waals surface area contributed by atoms with E-state index in [-0.39, 0.29) is 12.3 Å². The minimum Gasteiger partial charge on any atom is -0.497 e. The number of piperazine rings is 1. The lowest BCUT2D eigenvalue weighted by molar-refractivity contribution is -0.121. The normalized spacial score (nSPS) is 15.3. The van der Waals surface area contributed by atoms with Crippen molar-refractivity contribution in [1.82, 2.24) is 14.5 Å². The molecule has 0 aromatic heterocycles. The maximum Gasteiger partial charge on any atom is 0.325 e. The van der Waals surface area contributed by atoms with Crippen molar-refractivity contribution in [2.75, 3.05) is 45.2 Å². The first-order valence-corrected chi connectivity index (χ1v) is 11.5. The largest absolute Gasteiger partial charge is 0.497 e. The second-order valence-corrected chi connectivity index (χ2v) is 9.12. The van der Waals surface area contributed by atoms with Crippen molar-refractivity contribution in [3.8, 4) is 5.75 Å². The van der Waals surface area contributed by atoms with Gasteiger partial charge in [-0.25, -0.2) is 13.2 Å². The number of rotatable bonds is 7. The molecule has 1 aliphatic heterocycles. The van der Waals surface area contributed by atoms with E-state index >= 15 is 0 Å². The monoisotopic (exact) mass is 446 g/mol. The van der Waals surface area contributed by atoms with E-state index in [0.29, 0.717) is 37.6 Å². The standard InChI is InChI=1S/C21H26N4O5S/c1-30-19-9-7-18(8-10-19)22-21(27)23-20(26)15-24-11-13-25(14-12-24)31(28,29)16-17-5-3-2-4-6-17/h2-10H,11-16H2,1H3,(H2,22,23,26,27). The lowest BCUT2D eigenvalue weighted by atomic mass is 10.2. The molecule has 3 amide bonds. The summed E-state index contributed by atoms with van der Waals surface area (Å²) >= 11 is 0. The van der Waals surface area contributed by atoms with E-state index in [4.69, 9.17) is 4.74 Å². The van der Waals surface area contributed by atoms with Crippen LogP contribution in [0.1, 0.15) is 5.56 Å². The van der Waals surface area contributed by atoms with Crippen LogP contribution in [0.2, 0.25) is 0 Å². The Balaban J connectivity index is 1.42. The molecule has 2 aromatic carbocycles. The van der Waals surface area contributed by atoms with Crippen molar-refractivity contribution in [3.05, 3.63) is 60.2 Å². The number of ether oxygens (including phenoxy) is 1. The van der Waals surface area contributed by atoms with Crippen LogP contribution in [0.25, 0.3) is 0 Å². The Hall–Kier alpha value is -2.95. The molecule has 2 aromatic rings. The number of carbonyl (C=O) groups is 2. The number of nitrogens with one attached hydrogen (secondary N) is 2. The number of anilines is 1. The summed E-state index contributed by atoms with van der Waals surface area (Å²) in [7, 11) is -1.87. The zero-order valence-corrected chi connectivity index (χ0v) is 18.1. The zero-order valence-electron chi connectivity index (χ0n) is 17.3. The number of sulfonamides is 1. The Kier molecular flexibility index (Phi) is 7.61. The molecule has 0 bridgehead atoms. The van der Waals surface area contributed by atoms with Crippen molar-refractivity contribution in [1.29, 1.82) is 0 Å². The summed E-state index contributed by atoms with van der Waals surface area (Å²) in [6, 6.07) is 15.1. The second-order valence-electron chi connectivity index (χ2n) is 7.15. The minimum atomic E-state index is -3.41. The number of urea groups is 1. The van der Waals surface area contributed by atoms with Crippen molar-refractivity contribution in [2.24, 2.45) is 0 Å². The smallest absolute Gasteiger partial charge is 0.325 e. The summed E-state index contributed by atoms with van der Waals surface area (Å²) < 4.78 is 31.7. The van der Waals surface area contributed by atoms with Crippen LogP contribution in [0.3, 0.4) is 0 Å². The average Bonchev–Trinajstić information content (AvgIpc) is 2.75. The molecule has 1 saturated heterocycles. The highest BCUT2D eigenvalue weighted by Crippen LogP contribution is 2.15. The van der Waals surface area contributed by atoms with Gasteiger partial charge in [0.05, 0.1) is 19.4 Å². The predicted molar refractivity (Wildman–Crippen MR) is 117 cm³/mol. The fourth-order valence-electron chi connectivity index (χ4n) is 3.25. The van der Waals surface area contributed by atoms with Gasteiger partial charge in [-0.2, -0.15) is 4.31 Å². The predicted octanol–water partition coefficient (Wildman–Crippen LogP) is 1.49. The quantitative estimate of drug-likeness (QED) is 0.667. The Morgan fingerprint density at radius 2 is 1.61 bits per heavy atom. The first kappa shape index (κ1) is 22.7. The molecule has 0 radical (unpaired) electrons. The third-order valence-corrected chi connectivity index (χ3v) is 6.73. The topological polar surface area (TPSA) is 108 Å². The number of hydrogen-bond acceptors (Lipinski definition) is 6. The van der Waals surface area contributed by atoms with Crippen LogP contribution in [0.4, 0.5) is 10.5 Å². The number of imide groups is 1. The van der Waals surface area contributed by atoms with E-state index in [2.05, 4.69) is 10.6 Å². The number of methoxy groups -OCH3 is 1. The van der Waals surface area contributed by atoms with E-state index in [1.165, 1.54) is 4.31 Å². The van der Waals surface area contributed by atoms with Crippen LogP contribution >= 0.6 is 0 Å². The Bertz CT molecular complexity index is 988. The van der Waals surface area contributed by atoms with Crippen molar-refractivity contribution in [2.45, 2.75) is 5.75 Å². The Morgan fingerprint density at radius 1 is 0.968 bits per heavy atom. The first-order chi connectivity index (χ1) is 14.9. The fourth-order valence-corrected chi connectivity index (χ4v) is 4.76. The van der Waals surface area contributed by atoms with E-state index in [0.717, 1.165) is 5.56 Å². The second kappa shape index (κ2) is 10.4. The summed E-state index contributed by atoms with van der Waals surface area (Å²) in [4.78, 5) is 26.0. The molecule has 0 unspecified atom stereocenters. The number of carbonyl (C=O) groups excluding carboxylic acids is 2. The van der Waals surface area contributed by atoms with Gasteiger partial charge in [-0.3, -0.25) is 15.0 Å². The van der Waals surface area contributed by atoms with E-state index in [9.17, 15) is 18.0 Å². The number of nitrogens with zero attached hydrogens (tertiary/aromatic N) is 2. The van der Waals surface area contributed by atoms with Gasteiger partial charge in [0.15, 0.2) is 0 Å². The van der Waals surface area contributed by atoms with Gasteiger partial charge in [0.2, 0.25) is 15.9 Å². The van der Waals surface area contributed by atoms with Gasteiger partial charge in [-0.1, -0.05) is 30.3 Å². The van der Waals surface area contributed by atoms with Gasteiger partial charge in [0, 0.05) is 31.9 Å². The van der Waals surface area contributed by atoms with Crippen LogP contribution in [-0.4, -0.2) is 69.4 Å². The molecule has 166 valence electrons. The van der Waals surface area contributed by atoms with Gasteiger partial charge in [-0.05, 0) is 29.8 Å². The molecule has 0 aliphatic carbocycles. The molecule has 10 heteroatoms. The summed E-state index contributed by atoms with van der Waals surface area (Å²) in [6.07, 6.45) is 0. The molecule has 1 aliphatic rings. The van der Waals surface area contributed by atoms with Gasteiger partial charge in [0.1, 0.15) is 5.75 Å². The molecule has 9 nitrogen and oxygen atoms in total. The highest BCUT2D eigenvalue weighted by Gasteiger charge is 2.28. The number of amides is 3. The van der Waals surface area contributed by atoms with Crippen molar-refractivity contribution in [3.63, 3.8) is 0 Å². The molecule has 2 N–H and O–H groups in total. The van der Waals surface area contributed by atoms with Crippen LogP contribution in [0, 0.1) is 0 Å². The van der Waals surface area contributed by atoms with E-state index in [1.54, 1.807) is 43.5 Å². The van der Waals surface area contributed by atoms with Gasteiger partial charge >= 0.3 is 6.03 Å². The van der Waals surface area contributed by atoms with Gasteiger partial charge in [0.25, 0.3) is 0 Å². The minimum absolute atomic E-state index is 0.0165. The maximum atomic E-state index is 12.6. The highest BCUT2D eigenvalue weighted by molar-refractivity contribution is 7.88. The molecular formula is C21H26N4O5S. The molecular weight excluding hydrogens is 420 g/mol. The number of hydrogen-bond donors (Lipinski definition) is 2. The lowest BCUT2D eigenvalue weighted by Crippen LogP contribution is -2.51. The van der Waals surface area contributed by atoms with Gasteiger partial charge in [-0.15, -0.1) is 0 Å². The van der Waals surface area contributed by atoms with Crippen LogP contribution in [-0.2, 0) is 20.6 Å². The molecule has 3 rings (SSSR count). The molecule has 1 heterocycles. The SMILES string of the molecule is COc1ccc(NC(=O)NC(=O)CN2CCN(S(=O)(=O)Cc3ccccc3)CC2)cc1. The zero-order chi connectivity index (χ0) is 22.3. The molecule has 0 spiro atoms. The molecule has 0 saturated carbocycles. The average molecular weight is 447 g/mol. The van der Waals surface area contributed by atoms with Crippen LogP contribution < -0.4 is 15.4 Å². The first-order valence-electron chi connectivity index (χ1n) is 9.85. The van der Waals surface area contributed by atoms with Crippen molar-refractivity contribution < 1.29 is 22.7 Å². The summed E-state index contributed by atoms with van der Waals surface area (Å²) in [5.41, 5.74) is 1.27. The molecule has 31 heavy (non-hydrogen) atoms. The third-order valence-electron chi connectivity index (χ3n) is 4.88. The Labute approximate surface area is 182 Å².